The van der Waals surface area contributed by atoms with E-state index in [1.165, 1.54) is 6.33 Å². The number of halogens is 1. The largest absolute Gasteiger partial charge is 0.369 e. The van der Waals surface area contributed by atoms with Crippen LogP contribution in [0.15, 0.2) is 15.6 Å². The Morgan fingerprint density at radius 2 is 2.11 bits per heavy atom. The fourth-order valence-corrected chi connectivity index (χ4v) is 2.53. The molecule has 7 heteroatoms. The number of primary amides is 1. The van der Waals surface area contributed by atoms with Crippen LogP contribution in [0.5, 0.6) is 0 Å². The number of carbonyl (C=O) groups excluding carboxylic acids is 1. The van der Waals surface area contributed by atoms with Crippen molar-refractivity contribution in [2.75, 3.05) is 5.32 Å². The van der Waals surface area contributed by atoms with E-state index in [9.17, 15) is 9.59 Å². The number of carbonyl (C=O) groups is 1. The third-order valence-corrected chi connectivity index (χ3v) is 4.00. The minimum Gasteiger partial charge on any atom is -0.369 e. The number of anilines is 1. The molecule has 0 aromatic carbocycles. The zero-order chi connectivity index (χ0) is 13.1. The van der Waals surface area contributed by atoms with E-state index in [1.807, 2.05) is 0 Å². The van der Waals surface area contributed by atoms with Crippen molar-refractivity contribution < 1.29 is 4.79 Å². The molecule has 0 bridgehead atoms. The number of amides is 1. The first-order valence-electron chi connectivity index (χ1n) is 5.87. The minimum atomic E-state index is -0.219. The van der Waals surface area contributed by atoms with Gasteiger partial charge in [-0.25, -0.2) is 4.98 Å². The third-order valence-electron chi connectivity index (χ3n) is 3.27. The Labute approximate surface area is 112 Å². The van der Waals surface area contributed by atoms with Crippen LogP contribution in [0.2, 0.25) is 0 Å². The molecule has 0 radical (unpaired) electrons. The smallest absolute Gasteiger partial charge is 0.267 e. The lowest BCUT2D eigenvalue weighted by atomic mass is 9.85. The maximum Gasteiger partial charge on any atom is 0.267 e. The molecule has 0 unspecified atom stereocenters. The average molecular weight is 315 g/mol. The Hall–Kier alpha value is -1.37. The fraction of sp³-hybridized carbons (Fsp3) is 0.545. The van der Waals surface area contributed by atoms with Crippen LogP contribution in [0.4, 0.5) is 5.82 Å². The molecule has 18 heavy (non-hydrogen) atoms. The highest BCUT2D eigenvalue weighted by Gasteiger charge is 2.25. The number of hydrogen-bond acceptors (Lipinski definition) is 4. The first-order chi connectivity index (χ1) is 8.58. The molecule has 1 aliphatic carbocycles. The quantitative estimate of drug-likeness (QED) is 0.774. The van der Waals surface area contributed by atoms with E-state index in [-0.39, 0.29) is 23.4 Å². The van der Waals surface area contributed by atoms with Crippen molar-refractivity contribution in [1.29, 1.82) is 0 Å². The summed E-state index contributed by atoms with van der Waals surface area (Å²) in [5, 5.41) is 3.22. The molecule has 1 aliphatic rings. The number of aromatic nitrogens is 2. The predicted octanol–water partition coefficient (Wildman–Crippen LogP) is 0.988. The summed E-state index contributed by atoms with van der Waals surface area (Å²) in [6.45, 7) is 0. The minimum absolute atomic E-state index is 0.0152. The van der Waals surface area contributed by atoms with Crippen LogP contribution in [-0.4, -0.2) is 21.9 Å². The van der Waals surface area contributed by atoms with Gasteiger partial charge < -0.3 is 16.0 Å². The summed E-state index contributed by atoms with van der Waals surface area (Å²) in [4.78, 5) is 29.0. The second kappa shape index (κ2) is 5.51. The van der Waals surface area contributed by atoms with Crippen molar-refractivity contribution in [2.24, 2.45) is 11.7 Å². The van der Waals surface area contributed by atoms with Gasteiger partial charge >= 0.3 is 0 Å². The SMILES string of the molecule is NC(=O)C1CCC(Nc2nc[nH]c(=O)c2Br)CC1. The summed E-state index contributed by atoms with van der Waals surface area (Å²) in [7, 11) is 0. The van der Waals surface area contributed by atoms with E-state index in [0.717, 1.165) is 25.7 Å². The molecule has 98 valence electrons. The highest BCUT2D eigenvalue weighted by molar-refractivity contribution is 9.10. The van der Waals surface area contributed by atoms with Crippen LogP contribution in [0.3, 0.4) is 0 Å². The standard InChI is InChI=1S/C11H15BrN4O2/c12-8-10(14-5-15-11(8)18)16-7-3-1-6(2-4-7)9(13)17/h5-7H,1-4H2,(H2,13,17)(H2,14,15,16,18). The van der Waals surface area contributed by atoms with Crippen molar-refractivity contribution in [2.45, 2.75) is 31.7 Å². The van der Waals surface area contributed by atoms with Gasteiger partial charge in [-0.15, -0.1) is 0 Å². The number of nitrogens with zero attached hydrogens (tertiary/aromatic N) is 1. The highest BCUT2D eigenvalue weighted by Crippen LogP contribution is 2.27. The van der Waals surface area contributed by atoms with Gasteiger partial charge in [-0.05, 0) is 41.6 Å². The molecule has 0 saturated heterocycles. The molecule has 1 fully saturated rings. The molecular formula is C11H15BrN4O2. The van der Waals surface area contributed by atoms with Crippen molar-refractivity contribution in [3.05, 3.63) is 21.2 Å². The summed E-state index contributed by atoms with van der Waals surface area (Å²) in [5.74, 6) is 0.309. The van der Waals surface area contributed by atoms with E-state index < -0.39 is 0 Å². The first-order valence-corrected chi connectivity index (χ1v) is 6.66. The Morgan fingerprint density at radius 3 is 2.72 bits per heavy atom. The molecule has 1 saturated carbocycles. The molecule has 4 N–H and O–H groups in total. The summed E-state index contributed by atoms with van der Waals surface area (Å²) in [6, 6.07) is 0.228. The average Bonchev–Trinajstić information content (AvgIpc) is 2.36. The zero-order valence-corrected chi connectivity index (χ0v) is 11.4. The van der Waals surface area contributed by atoms with Gasteiger partial charge in [0.1, 0.15) is 10.3 Å². The van der Waals surface area contributed by atoms with Crippen LogP contribution in [0.25, 0.3) is 0 Å². The molecule has 6 nitrogen and oxygen atoms in total. The monoisotopic (exact) mass is 314 g/mol. The Bertz CT molecular complexity index is 494. The van der Waals surface area contributed by atoms with E-state index in [4.69, 9.17) is 5.73 Å². The summed E-state index contributed by atoms with van der Waals surface area (Å²) >= 11 is 3.20. The lowest BCUT2D eigenvalue weighted by Gasteiger charge is -2.27. The number of nitrogens with two attached hydrogens (primary N) is 1. The van der Waals surface area contributed by atoms with Crippen molar-refractivity contribution in [1.82, 2.24) is 9.97 Å². The Balaban J connectivity index is 1.98. The molecule has 0 atom stereocenters. The normalized spacial score (nSPS) is 23.6. The third kappa shape index (κ3) is 2.90. The number of aromatic amines is 1. The maximum atomic E-state index is 11.4. The van der Waals surface area contributed by atoms with Gasteiger partial charge in [0.2, 0.25) is 5.91 Å². The molecule has 1 aromatic rings. The van der Waals surface area contributed by atoms with Crippen molar-refractivity contribution >= 4 is 27.7 Å². The zero-order valence-electron chi connectivity index (χ0n) is 9.78. The Kier molecular flexibility index (Phi) is 4.00. The summed E-state index contributed by atoms with van der Waals surface area (Å²) < 4.78 is 0.405. The van der Waals surface area contributed by atoms with Gasteiger partial charge in [0.25, 0.3) is 5.56 Å². The Morgan fingerprint density at radius 1 is 1.44 bits per heavy atom. The molecule has 1 aromatic heterocycles. The van der Waals surface area contributed by atoms with Crippen LogP contribution in [0, 0.1) is 5.92 Å². The topological polar surface area (TPSA) is 101 Å². The lowest BCUT2D eigenvalue weighted by molar-refractivity contribution is -0.122. The predicted molar refractivity (Wildman–Crippen MR) is 71.1 cm³/mol. The molecular weight excluding hydrogens is 300 g/mol. The molecule has 1 amide bonds. The first kappa shape index (κ1) is 13.1. The lowest BCUT2D eigenvalue weighted by Crippen LogP contribution is -2.33. The number of nitrogens with one attached hydrogen (secondary N) is 2. The molecule has 0 spiro atoms. The van der Waals surface area contributed by atoms with Gasteiger partial charge in [-0.3, -0.25) is 9.59 Å². The molecule has 0 aliphatic heterocycles. The van der Waals surface area contributed by atoms with E-state index >= 15 is 0 Å². The van der Waals surface area contributed by atoms with Gasteiger partial charge in [0, 0.05) is 12.0 Å². The summed E-state index contributed by atoms with van der Waals surface area (Å²) in [6.07, 6.45) is 4.65. The molecule has 1 heterocycles. The van der Waals surface area contributed by atoms with E-state index in [2.05, 4.69) is 31.2 Å². The maximum absolute atomic E-state index is 11.4. The van der Waals surface area contributed by atoms with Gasteiger partial charge in [-0.2, -0.15) is 0 Å². The number of H-pyrrole nitrogens is 1. The van der Waals surface area contributed by atoms with Crippen LogP contribution >= 0.6 is 15.9 Å². The van der Waals surface area contributed by atoms with Gasteiger partial charge in [0.15, 0.2) is 0 Å². The van der Waals surface area contributed by atoms with Crippen molar-refractivity contribution in [3.8, 4) is 0 Å². The summed E-state index contributed by atoms with van der Waals surface area (Å²) in [5.41, 5.74) is 5.07. The second-order valence-corrected chi connectivity index (χ2v) is 5.28. The second-order valence-electron chi connectivity index (χ2n) is 4.49. The van der Waals surface area contributed by atoms with Crippen LogP contribution < -0.4 is 16.6 Å². The number of hydrogen-bond donors (Lipinski definition) is 3. The van der Waals surface area contributed by atoms with Crippen molar-refractivity contribution in [3.63, 3.8) is 0 Å². The van der Waals surface area contributed by atoms with Gasteiger partial charge in [-0.1, -0.05) is 0 Å². The number of rotatable bonds is 3. The fourth-order valence-electron chi connectivity index (χ4n) is 2.20. The molecule has 2 rings (SSSR count). The van der Waals surface area contributed by atoms with E-state index in [0.29, 0.717) is 10.3 Å². The van der Waals surface area contributed by atoms with Crippen LogP contribution in [-0.2, 0) is 4.79 Å². The van der Waals surface area contributed by atoms with Crippen LogP contribution in [0.1, 0.15) is 25.7 Å². The van der Waals surface area contributed by atoms with E-state index in [1.54, 1.807) is 0 Å². The van der Waals surface area contributed by atoms with Gasteiger partial charge in [0.05, 0.1) is 6.33 Å². The highest BCUT2D eigenvalue weighted by atomic mass is 79.9.